The highest BCUT2D eigenvalue weighted by Crippen LogP contribution is 2.36. The third kappa shape index (κ3) is 6.67. The summed E-state index contributed by atoms with van der Waals surface area (Å²) in [4.78, 5) is 12.4. The summed E-state index contributed by atoms with van der Waals surface area (Å²) in [5.41, 5.74) is 1.96. The van der Waals surface area contributed by atoms with Gasteiger partial charge in [-0.1, -0.05) is 52.8 Å². The zero-order valence-corrected chi connectivity index (χ0v) is 25.2. The summed E-state index contributed by atoms with van der Waals surface area (Å²) in [5, 5.41) is 0. The number of hydrogen-bond acceptors (Lipinski definition) is 7. The first-order valence-corrected chi connectivity index (χ1v) is 14.7. The van der Waals surface area contributed by atoms with Crippen LogP contribution >= 0.6 is 0 Å². The van der Waals surface area contributed by atoms with E-state index in [0.29, 0.717) is 29.2 Å². The summed E-state index contributed by atoms with van der Waals surface area (Å²) in [5.74, 6) is 0.745. The van der Waals surface area contributed by atoms with E-state index < -0.39 is 15.8 Å². The van der Waals surface area contributed by atoms with Crippen LogP contribution in [0.1, 0.15) is 51.6 Å². The molecule has 0 fully saturated rings. The van der Waals surface area contributed by atoms with Crippen LogP contribution in [0.2, 0.25) is 0 Å². The first kappa shape index (κ1) is 30.0. The van der Waals surface area contributed by atoms with E-state index in [1.807, 2.05) is 10.8 Å². The van der Waals surface area contributed by atoms with Crippen LogP contribution in [0.15, 0.2) is 60.0 Å². The number of imidazole rings is 1. The second-order valence-corrected chi connectivity index (χ2v) is 12.9. The summed E-state index contributed by atoms with van der Waals surface area (Å²) in [6, 6.07) is 9.91. The quantitative estimate of drug-likeness (QED) is 0.251. The fourth-order valence-corrected chi connectivity index (χ4v) is 5.95. The second kappa shape index (κ2) is 11.9. The lowest BCUT2D eigenvalue weighted by Crippen LogP contribution is -2.19. The molecule has 0 aliphatic heterocycles. The van der Waals surface area contributed by atoms with Gasteiger partial charge in [-0.2, -0.15) is 9.97 Å². The average Bonchev–Trinajstić information content (AvgIpc) is 3.38. The number of halogens is 1. The molecule has 2 aromatic carbocycles. The summed E-state index contributed by atoms with van der Waals surface area (Å²) in [7, 11) is -1.48. The second-order valence-electron chi connectivity index (χ2n) is 11.2. The summed E-state index contributed by atoms with van der Waals surface area (Å²) < 4.78 is 58.1. The van der Waals surface area contributed by atoms with Crippen LogP contribution in [0.5, 0.6) is 11.8 Å². The molecule has 0 bridgehead atoms. The molecule has 1 N–H and O–H groups in total. The first-order valence-electron chi connectivity index (χ1n) is 13.2. The van der Waals surface area contributed by atoms with Crippen molar-refractivity contribution in [2.45, 2.75) is 57.9 Å². The van der Waals surface area contributed by atoms with Crippen LogP contribution in [0.25, 0.3) is 11.1 Å². The number of nitrogens with zero attached hydrogens (tertiary/aromatic N) is 4. The van der Waals surface area contributed by atoms with Crippen molar-refractivity contribution in [1.82, 2.24) is 19.5 Å². The Morgan fingerprint density at radius 3 is 2.27 bits per heavy atom. The monoisotopic (exact) mass is 581 g/mol. The smallest absolute Gasteiger partial charge is 0.262 e. The van der Waals surface area contributed by atoms with Crippen molar-refractivity contribution in [3.8, 4) is 22.9 Å². The summed E-state index contributed by atoms with van der Waals surface area (Å²) in [6.07, 6.45) is 5.47. The van der Waals surface area contributed by atoms with Gasteiger partial charge in [0.05, 0.1) is 25.7 Å². The van der Waals surface area contributed by atoms with Gasteiger partial charge in [-0.3, -0.25) is 4.72 Å². The number of ether oxygens (including phenoxy) is 2. The molecule has 11 heteroatoms. The van der Waals surface area contributed by atoms with Crippen LogP contribution in [0.4, 0.5) is 10.1 Å². The van der Waals surface area contributed by atoms with Crippen LogP contribution in [0.3, 0.4) is 0 Å². The third-order valence-electron chi connectivity index (χ3n) is 6.47. The highest BCUT2D eigenvalue weighted by molar-refractivity contribution is 7.92. The molecule has 0 atom stereocenters. The van der Waals surface area contributed by atoms with Crippen molar-refractivity contribution in [1.29, 1.82) is 0 Å². The Bertz CT molecular complexity index is 1620. The van der Waals surface area contributed by atoms with Crippen LogP contribution in [-0.2, 0) is 28.4 Å². The molecule has 4 aromatic rings. The van der Waals surface area contributed by atoms with Crippen molar-refractivity contribution < 1.29 is 22.3 Å². The normalized spacial score (nSPS) is 12.0. The fourth-order valence-electron chi connectivity index (χ4n) is 4.68. The lowest BCUT2D eigenvalue weighted by atomic mass is 9.95. The zero-order chi connectivity index (χ0) is 29.9. The predicted molar refractivity (Wildman–Crippen MR) is 156 cm³/mol. The number of anilines is 1. The van der Waals surface area contributed by atoms with Crippen LogP contribution < -0.4 is 14.2 Å². The van der Waals surface area contributed by atoms with E-state index in [2.05, 4.69) is 54.3 Å². The van der Waals surface area contributed by atoms with Gasteiger partial charge in [-0.15, -0.1) is 0 Å². The fraction of sp³-hybridized carbons (Fsp3) is 0.367. The van der Waals surface area contributed by atoms with Crippen LogP contribution in [0, 0.1) is 11.7 Å². The summed E-state index contributed by atoms with van der Waals surface area (Å²) in [6.45, 7) is 10.6. The minimum Gasteiger partial charge on any atom is -0.479 e. The van der Waals surface area contributed by atoms with E-state index in [9.17, 15) is 8.42 Å². The SMILES string of the molecule is COc1ncnc(OC)c1NS(=O)(=O)c1ccc(CC(C)C)cc1-c1ccc(Cn2ccnc2C(C)(C)C)c(F)c1. The van der Waals surface area contributed by atoms with Gasteiger partial charge in [0.15, 0.2) is 5.69 Å². The van der Waals surface area contributed by atoms with Crippen molar-refractivity contribution in [2.75, 3.05) is 18.9 Å². The number of nitrogens with one attached hydrogen (secondary N) is 1. The molecule has 4 rings (SSSR count). The van der Waals surface area contributed by atoms with E-state index in [-0.39, 0.29) is 27.8 Å². The van der Waals surface area contributed by atoms with E-state index in [1.165, 1.54) is 32.7 Å². The zero-order valence-electron chi connectivity index (χ0n) is 24.4. The minimum atomic E-state index is -4.21. The standard InChI is InChI=1S/C30H36FN5O4S/c1-19(2)14-20-8-11-25(41(37,38)35-26-27(39-6)33-18-34-28(26)40-7)23(15-20)21-9-10-22(24(31)16-21)17-36-13-12-32-29(36)30(3,4)5/h8-13,15-16,18-19,35H,14,17H2,1-7H3. The van der Waals surface area contributed by atoms with Gasteiger partial charge in [-0.05, 0) is 41.7 Å². The molecular weight excluding hydrogens is 545 g/mol. The lowest BCUT2D eigenvalue weighted by molar-refractivity contribution is 0.376. The van der Waals surface area contributed by atoms with E-state index >= 15 is 4.39 Å². The van der Waals surface area contributed by atoms with Gasteiger partial charge in [0.2, 0.25) is 11.8 Å². The predicted octanol–water partition coefficient (Wildman–Crippen LogP) is 5.84. The molecule has 0 radical (unpaired) electrons. The third-order valence-corrected chi connectivity index (χ3v) is 7.88. The minimum absolute atomic E-state index is 0.00271. The molecule has 0 aliphatic rings. The number of rotatable bonds is 10. The molecule has 2 aromatic heterocycles. The maximum absolute atomic E-state index is 15.6. The number of sulfonamides is 1. The van der Waals surface area contributed by atoms with Crippen molar-refractivity contribution in [3.63, 3.8) is 0 Å². The lowest BCUT2D eigenvalue weighted by Gasteiger charge is -2.20. The number of hydrogen-bond donors (Lipinski definition) is 1. The maximum Gasteiger partial charge on any atom is 0.262 e. The van der Waals surface area contributed by atoms with Gasteiger partial charge < -0.3 is 14.0 Å². The Hall–Kier alpha value is -3.99. The van der Waals surface area contributed by atoms with E-state index in [1.54, 1.807) is 30.5 Å². The Morgan fingerprint density at radius 2 is 1.68 bits per heavy atom. The first-order chi connectivity index (χ1) is 19.3. The molecule has 0 aliphatic carbocycles. The van der Waals surface area contributed by atoms with Gasteiger partial charge >= 0.3 is 0 Å². The summed E-state index contributed by atoms with van der Waals surface area (Å²) >= 11 is 0. The number of aromatic nitrogens is 4. The van der Waals surface area contributed by atoms with Gasteiger partial charge in [-0.25, -0.2) is 17.8 Å². The topological polar surface area (TPSA) is 108 Å². The Balaban J connectivity index is 1.78. The molecule has 9 nitrogen and oxygen atoms in total. The molecule has 0 unspecified atom stereocenters. The van der Waals surface area contributed by atoms with Crippen molar-refractivity contribution in [3.05, 3.63) is 77.9 Å². The molecule has 41 heavy (non-hydrogen) atoms. The van der Waals surface area contributed by atoms with Gasteiger partial charge in [0.25, 0.3) is 10.0 Å². The molecule has 0 amide bonds. The molecule has 0 saturated heterocycles. The molecule has 2 heterocycles. The highest BCUT2D eigenvalue weighted by atomic mass is 32.2. The van der Waals surface area contributed by atoms with Crippen molar-refractivity contribution >= 4 is 15.7 Å². The average molecular weight is 582 g/mol. The van der Waals surface area contributed by atoms with Crippen molar-refractivity contribution in [2.24, 2.45) is 5.92 Å². The molecule has 0 spiro atoms. The molecule has 218 valence electrons. The Morgan fingerprint density at radius 1 is 1.00 bits per heavy atom. The van der Waals surface area contributed by atoms with E-state index in [0.717, 1.165) is 17.8 Å². The Labute approximate surface area is 240 Å². The number of benzene rings is 2. The highest BCUT2D eigenvalue weighted by Gasteiger charge is 2.26. The van der Waals surface area contributed by atoms with Crippen LogP contribution in [-0.4, -0.2) is 42.2 Å². The Kier molecular flexibility index (Phi) is 8.67. The molecule has 0 saturated carbocycles. The van der Waals surface area contributed by atoms with E-state index in [4.69, 9.17) is 9.47 Å². The maximum atomic E-state index is 15.6. The largest absolute Gasteiger partial charge is 0.479 e. The number of methoxy groups -OCH3 is 2. The molecular formula is C30H36FN5O4S. The van der Waals surface area contributed by atoms with Gasteiger partial charge in [0.1, 0.15) is 18.0 Å². The van der Waals surface area contributed by atoms with Gasteiger partial charge in [0, 0.05) is 28.9 Å².